The van der Waals surface area contributed by atoms with Gasteiger partial charge in [-0.2, -0.15) is 4.98 Å². The molecule has 1 aliphatic rings. The Bertz CT molecular complexity index is 449. The number of anilines is 1. The number of esters is 1. The lowest BCUT2D eigenvalue weighted by molar-refractivity contribution is 0.0519. The second-order valence-electron chi connectivity index (χ2n) is 5.45. The molecule has 2 heterocycles. The summed E-state index contributed by atoms with van der Waals surface area (Å²) in [4.78, 5) is 15.7. The Kier molecular flexibility index (Phi) is 5.61. The van der Waals surface area contributed by atoms with Crippen molar-refractivity contribution < 1.29 is 13.9 Å². The molecule has 1 aromatic heterocycles. The third-order valence-electron chi connectivity index (χ3n) is 3.91. The van der Waals surface area contributed by atoms with Gasteiger partial charge < -0.3 is 19.8 Å². The molecule has 3 atom stereocenters. The minimum absolute atomic E-state index is 0.215. The van der Waals surface area contributed by atoms with Crippen LogP contribution >= 0.6 is 0 Å². The Hall–Kier alpha value is -1.56. The van der Waals surface area contributed by atoms with Gasteiger partial charge in [-0.3, -0.25) is 0 Å². The Balaban J connectivity index is 1.95. The Morgan fingerprint density at radius 2 is 2.05 bits per heavy atom. The van der Waals surface area contributed by atoms with Gasteiger partial charge in [-0.1, -0.05) is 13.8 Å². The molecule has 0 spiro atoms. The molecule has 2 rings (SSSR count). The number of carbonyl (C=O) groups excluding carboxylic acids is 1. The first-order valence-electron chi connectivity index (χ1n) is 7.81. The SMILES string of the molecule is CCOC(=O)c1coc(N[C@H]2C[C@@H](CC)N[C@@H](CC)C2)n1. The van der Waals surface area contributed by atoms with E-state index in [-0.39, 0.29) is 5.69 Å². The van der Waals surface area contributed by atoms with Gasteiger partial charge in [0.1, 0.15) is 6.26 Å². The summed E-state index contributed by atoms with van der Waals surface area (Å²) in [5.74, 6) is -0.447. The van der Waals surface area contributed by atoms with Crippen molar-refractivity contribution in [3.05, 3.63) is 12.0 Å². The molecular formula is C15H25N3O3. The molecule has 0 radical (unpaired) electrons. The number of piperidine rings is 1. The highest BCUT2D eigenvalue weighted by Gasteiger charge is 2.27. The highest BCUT2D eigenvalue weighted by molar-refractivity contribution is 5.87. The van der Waals surface area contributed by atoms with Gasteiger partial charge in [0.25, 0.3) is 6.01 Å². The van der Waals surface area contributed by atoms with E-state index in [1.165, 1.54) is 6.26 Å². The lowest BCUT2D eigenvalue weighted by atomic mass is 9.91. The van der Waals surface area contributed by atoms with E-state index in [4.69, 9.17) is 9.15 Å². The molecule has 0 saturated carbocycles. The normalized spacial score (nSPS) is 25.6. The quantitative estimate of drug-likeness (QED) is 0.786. The Morgan fingerprint density at radius 1 is 1.38 bits per heavy atom. The number of nitrogens with zero attached hydrogens (tertiary/aromatic N) is 1. The predicted octanol–water partition coefficient (Wildman–Crippen LogP) is 2.57. The van der Waals surface area contributed by atoms with Crippen molar-refractivity contribution in [2.75, 3.05) is 11.9 Å². The van der Waals surface area contributed by atoms with Gasteiger partial charge in [-0.05, 0) is 32.6 Å². The molecule has 0 bridgehead atoms. The fraction of sp³-hybridized carbons (Fsp3) is 0.733. The molecule has 1 aliphatic heterocycles. The number of carbonyl (C=O) groups is 1. The number of rotatable bonds is 6. The fourth-order valence-corrected chi connectivity index (χ4v) is 2.75. The number of ether oxygens (including phenoxy) is 1. The molecule has 6 heteroatoms. The smallest absolute Gasteiger partial charge is 0.360 e. The molecule has 1 fully saturated rings. The molecule has 0 aliphatic carbocycles. The van der Waals surface area contributed by atoms with Crippen LogP contribution in [-0.2, 0) is 4.74 Å². The second kappa shape index (κ2) is 7.45. The van der Waals surface area contributed by atoms with E-state index in [0.29, 0.717) is 30.7 Å². The molecule has 1 saturated heterocycles. The summed E-state index contributed by atoms with van der Waals surface area (Å²) >= 11 is 0. The van der Waals surface area contributed by atoms with Gasteiger partial charge in [0.15, 0.2) is 5.69 Å². The molecule has 0 aromatic carbocycles. The van der Waals surface area contributed by atoms with Crippen LogP contribution in [0.2, 0.25) is 0 Å². The van der Waals surface area contributed by atoms with Crippen LogP contribution in [0.5, 0.6) is 0 Å². The summed E-state index contributed by atoms with van der Waals surface area (Å²) in [5, 5.41) is 6.94. The van der Waals surface area contributed by atoms with Crippen LogP contribution in [0.4, 0.5) is 6.01 Å². The fourth-order valence-electron chi connectivity index (χ4n) is 2.75. The van der Waals surface area contributed by atoms with Crippen molar-refractivity contribution in [1.29, 1.82) is 0 Å². The van der Waals surface area contributed by atoms with Crippen molar-refractivity contribution in [1.82, 2.24) is 10.3 Å². The highest BCUT2D eigenvalue weighted by atomic mass is 16.5. The van der Waals surface area contributed by atoms with E-state index in [1.807, 2.05) is 0 Å². The van der Waals surface area contributed by atoms with E-state index < -0.39 is 5.97 Å². The summed E-state index contributed by atoms with van der Waals surface area (Å²) in [5.41, 5.74) is 0.215. The van der Waals surface area contributed by atoms with Crippen molar-refractivity contribution in [2.45, 2.75) is 64.6 Å². The topological polar surface area (TPSA) is 76.4 Å². The van der Waals surface area contributed by atoms with Crippen LogP contribution in [-0.4, -0.2) is 35.7 Å². The molecule has 2 N–H and O–H groups in total. The number of hydrogen-bond acceptors (Lipinski definition) is 6. The average molecular weight is 295 g/mol. The minimum atomic E-state index is -0.447. The van der Waals surface area contributed by atoms with Gasteiger partial charge in [0.2, 0.25) is 0 Å². The molecular weight excluding hydrogens is 270 g/mol. The maximum absolute atomic E-state index is 11.6. The van der Waals surface area contributed by atoms with Crippen molar-refractivity contribution in [3.63, 3.8) is 0 Å². The van der Waals surface area contributed by atoms with E-state index in [1.54, 1.807) is 6.92 Å². The Labute approximate surface area is 125 Å². The van der Waals surface area contributed by atoms with E-state index in [0.717, 1.165) is 25.7 Å². The van der Waals surface area contributed by atoms with Crippen LogP contribution in [0, 0.1) is 0 Å². The van der Waals surface area contributed by atoms with Crippen molar-refractivity contribution in [2.24, 2.45) is 0 Å². The lowest BCUT2D eigenvalue weighted by Gasteiger charge is -2.35. The summed E-state index contributed by atoms with van der Waals surface area (Å²) < 4.78 is 10.2. The van der Waals surface area contributed by atoms with Crippen LogP contribution in [0.15, 0.2) is 10.7 Å². The summed E-state index contributed by atoms with van der Waals surface area (Å²) in [6.07, 6.45) is 5.62. The third kappa shape index (κ3) is 4.20. The monoisotopic (exact) mass is 295 g/mol. The number of nitrogens with one attached hydrogen (secondary N) is 2. The molecule has 1 aromatic rings. The largest absolute Gasteiger partial charge is 0.461 e. The lowest BCUT2D eigenvalue weighted by Crippen LogP contribution is -2.49. The zero-order valence-electron chi connectivity index (χ0n) is 13.0. The van der Waals surface area contributed by atoms with E-state index in [9.17, 15) is 4.79 Å². The number of hydrogen-bond donors (Lipinski definition) is 2. The van der Waals surface area contributed by atoms with Gasteiger partial charge in [-0.25, -0.2) is 4.79 Å². The summed E-state index contributed by atoms with van der Waals surface area (Å²) in [6, 6.07) is 1.74. The minimum Gasteiger partial charge on any atom is -0.461 e. The van der Waals surface area contributed by atoms with Gasteiger partial charge in [-0.15, -0.1) is 0 Å². The van der Waals surface area contributed by atoms with Crippen molar-refractivity contribution in [3.8, 4) is 0 Å². The van der Waals surface area contributed by atoms with E-state index in [2.05, 4.69) is 29.5 Å². The highest BCUT2D eigenvalue weighted by Crippen LogP contribution is 2.21. The van der Waals surface area contributed by atoms with Gasteiger partial charge in [0, 0.05) is 18.1 Å². The number of oxazole rings is 1. The van der Waals surface area contributed by atoms with Gasteiger partial charge in [0.05, 0.1) is 6.61 Å². The molecule has 118 valence electrons. The van der Waals surface area contributed by atoms with Crippen LogP contribution in [0.25, 0.3) is 0 Å². The van der Waals surface area contributed by atoms with Crippen LogP contribution < -0.4 is 10.6 Å². The Morgan fingerprint density at radius 3 is 2.62 bits per heavy atom. The number of aromatic nitrogens is 1. The van der Waals surface area contributed by atoms with Crippen LogP contribution in [0.3, 0.4) is 0 Å². The summed E-state index contributed by atoms with van der Waals surface area (Å²) in [6.45, 7) is 6.48. The first-order valence-corrected chi connectivity index (χ1v) is 7.81. The molecule has 0 unspecified atom stereocenters. The van der Waals surface area contributed by atoms with Gasteiger partial charge >= 0.3 is 5.97 Å². The zero-order chi connectivity index (χ0) is 15.2. The van der Waals surface area contributed by atoms with Crippen LogP contribution in [0.1, 0.15) is 56.9 Å². The second-order valence-corrected chi connectivity index (χ2v) is 5.45. The zero-order valence-corrected chi connectivity index (χ0v) is 13.0. The first kappa shape index (κ1) is 15.8. The van der Waals surface area contributed by atoms with Crippen molar-refractivity contribution >= 4 is 12.0 Å². The molecule has 6 nitrogen and oxygen atoms in total. The summed E-state index contributed by atoms with van der Waals surface area (Å²) in [7, 11) is 0. The molecule has 21 heavy (non-hydrogen) atoms. The average Bonchev–Trinajstić information content (AvgIpc) is 2.95. The third-order valence-corrected chi connectivity index (χ3v) is 3.91. The maximum atomic E-state index is 11.6. The maximum Gasteiger partial charge on any atom is 0.360 e. The predicted molar refractivity (Wildman–Crippen MR) is 80.4 cm³/mol. The molecule has 0 amide bonds. The van der Waals surface area contributed by atoms with E-state index >= 15 is 0 Å². The first-order chi connectivity index (χ1) is 10.2. The standard InChI is InChI=1S/C15H25N3O3/c1-4-10-7-12(8-11(5-2)16-10)17-15-18-13(9-21-15)14(19)20-6-3/h9-12,16H,4-8H2,1-3H3,(H,17,18)/t10-,11+,12+.